The van der Waals surface area contributed by atoms with E-state index in [0.717, 1.165) is 24.7 Å². The fourth-order valence-electron chi connectivity index (χ4n) is 2.36. The van der Waals surface area contributed by atoms with Gasteiger partial charge in [-0.15, -0.1) is 0 Å². The second kappa shape index (κ2) is 6.07. The monoisotopic (exact) mass is 224 g/mol. The maximum absolute atomic E-state index is 11.4. The summed E-state index contributed by atoms with van der Waals surface area (Å²) in [4.78, 5) is 11.4. The molecule has 1 unspecified atom stereocenters. The van der Waals surface area contributed by atoms with Crippen molar-refractivity contribution in [2.24, 2.45) is 11.8 Å². The van der Waals surface area contributed by atoms with Gasteiger partial charge in [0, 0.05) is 5.57 Å². The smallest absolute Gasteiger partial charge is 0.333 e. The lowest BCUT2D eigenvalue weighted by Crippen LogP contribution is -2.27. The first-order chi connectivity index (χ1) is 7.54. The molecule has 0 spiro atoms. The predicted molar refractivity (Wildman–Crippen MR) is 66.1 cm³/mol. The first-order valence-corrected chi connectivity index (χ1v) is 6.41. The van der Waals surface area contributed by atoms with Crippen molar-refractivity contribution in [1.29, 1.82) is 0 Å². The zero-order chi connectivity index (χ0) is 12.1. The van der Waals surface area contributed by atoms with Gasteiger partial charge in [0.25, 0.3) is 0 Å². The van der Waals surface area contributed by atoms with Crippen molar-refractivity contribution in [3.63, 3.8) is 0 Å². The van der Waals surface area contributed by atoms with Crippen LogP contribution < -0.4 is 0 Å². The third-order valence-corrected chi connectivity index (χ3v) is 3.79. The standard InChI is InChI=1S/C14H24O2/c1-5-11(4)12-6-8-13(9-7-12)16-14(15)10(2)3/h11-13H,2,5-9H2,1,3-4H3. The quantitative estimate of drug-likeness (QED) is 0.537. The Morgan fingerprint density at radius 3 is 2.38 bits per heavy atom. The summed E-state index contributed by atoms with van der Waals surface area (Å²) in [6.07, 6.45) is 5.82. The van der Waals surface area contributed by atoms with Crippen molar-refractivity contribution in [3.8, 4) is 0 Å². The highest BCUT2D eigenvalue weighted by Crippen LogP contribution is 2.32. The van der Waals surface area contributed by atoms with Gasteiger partial charge >= 0.3 is 5.97 Å². The van der Waals surface area contributed by atoms with Crippen molar-refractivity contribution in [1.82, 2.24) is 0 Å². The molecule has 0 N–H and O–H groups in total. The van der Waals surface area contributed by atoms with Gasteiger partial charge in [-0.2, -0.15) is 0 Å². The summed E-state index contributed by atoms with van der Waals surface area (Å²) < 4.78 is 5.38. The van der Waals surface area contributed by atoms with Crippen LogP contribution in [0.5, 0.6) is 0 Å². The van der Waals surface area contributed by atoms with Crippen LogP contribution in [-0.4, -0.2) is 12.1 Å². The lowest BCUT2D eigenvalue weighted by atomic mass is 9.79. The highest BCUT2D eigenvalue weighted by molar-refractivity contribution is 5.87. The van der Waals surface area contributed by atoms with E-state index in [1.165, 1.54) is 19.3 Å². The van der Waals surface area contributed by atoms with Gasteiger partial charge in [0.2, 0.25) is 0 Å². The SMILES string of the molecule is C=C(C)C(=O)OC1CCC(C(C)CC)CC1. The summed E-state index contributed by atoms with van der Waals surface area (Å²) in [6, 6.07) is 0. The molecule has 0 aromatic rings. The second-order valence-electron chi connectivity index (χ2n) is 5.11. The van der Waals surface area contributed by atoms with E-state index in [4.69, 9.17) is 4.74 Å². The van der Waals surface area contributed by atoms with Crippen LogP contribution in [0.3, 0.4) is 0 Å². The van der Waals surface area contributed by atoms with Gasteiger partial charge in [-0.3, -0.25) is 0 Å². The molecule has 16 heavy (non-hydrogen) atoms. The summed E-state index contributed by atoms with van der Waals surface area (Å²) in [5, 5.41) is 0. The Hall–Kier alpha value is -0.790. The first kappa shape index (κ1) is 13.3. The van der Waals surface area contributed by atoms with Crippen molar-refractivity contribution in [2.45, 2.75) is 59.0 Å². The van der Waals surface area contributed by atoms with Crippen molar-refractivity contribution in [2.75, 3.05) is 0 Å². The Labute approximate surface area is 99.1 Å². The van der Waals surface area contributed by atoms with Crippen LogP contribution in [0.1, 0.15) is 52.9 Å². The Morgan fingerprint density at radius 1 is 1.38 bits per heavy atom. The molecule has 2 heteroatoms. The van der Waals surface area contributed by atoms with Crippen molar-refractivity contribution in [3.05, 3.63) is 12.2 Å². The topological polar surface area (TPSA) is 26.3 Å². The van der Waals surface area contributed by atoms with Crippen LogP contribution in [0.4, 0.5) is 0 Å². The molecule has 0 radical (unpaired) electrons. The van der Waals surface area contributed by atoms with E-state index in [2.05, 4.69) is 20.4 Å². The minimum Gasteiger partial charge on any atom is -0.459 e. The van der Waals surface area contributed by atoms with E-state index >= 15 is 0 Å². The van der Waals surface area contributed by atoms with Gasteiger partial charge in [-0.25, -0.2) is 4.79 Å². The van der Waals surface area contributed by atoms with E-state index in [1.807, 2.05) is 0 Å². The zero-order valence-corrected chi connectivity index (χ0v) is 10.8. The van der Waals surface area contributed by atoms with E-state index in [0.29, 0.717) is 5.57 Å². The average molecular weight is 224 g/mol. The number of hydrogen-bond donors (Lipinski definition) is 0. The van der Waals surface area contributed by atoms with Crippen LogP contribution in [0.15, 0.2) is 12.2 Å². The van der Waals surface area contributed by atoms with Crippen molar-refractivity contribution < 1.29 is 9.53 Å². The number of rotatable bonds is 4. The molecule has 92 valence electrons. The van der Waals surface area contributed by atoms with Gasteiger partial charge in [-0.05, 0) is 44.4 Å². The Kier molecular flexibility index (Phi) is 5.04. The Morgan fingerprint density at radius 2 is 1.94 bits per heavy atom. The van der Waals surface area contributed by atoms with E-state index in [1.54, 1.807) is 6.92 Å². The molecule has 1 saturated carbocycles. The van der Waals surface area contributed by atoms with Gasteiger partial charge in [0.1, 0.15) is 6.10 Å². The lowest BCUT2D eigenvalue weighted by molar-refractivity contribution is -0.146. The van der Waals surface area contributed by atoms with Crippen LogP contribution in [0.25, 0.3) is 0 Å². The maximum atomic E-state index is 11.4. The minimum absolute atomic E-state index is 0.129. The molecule has 0 heterocycles. The molecule has 0 aliphatic heterocycles. The molecule has 1 fully saturated rings. The average Bonchev–Trinajstić information content (AvgIpc) is 2.28. The second-order valence-corrected chi connectivity index (χ2v) is 5.11. The molecule has 0 amide bonds. The predicted octanol–water partition coefficient (Wildman–Crippen LogP) is 3.71. The number of hydrogen-bond acceptors (Lipinski definition) is 2. The largest absolute Gasteiger partial charge is 0.459 e. The highest BCUT2D eigenvalue weighted by atomic mass is 16.5. The van der Waals surface area contributed by atoms with Crippen molar-refractivity contribution >= 4 is 5.97 Å². The fourth-order valence-corrected chi connectivity index (χ4v) is 2.36. The van der Waals surface area contributed by atoms with Gasteiger partial charge < -0.3 is 4.74 Å². The maximum Gasteiger partial charge on any atom is 0.333 e. The third-order valence-electron chi connectivity index (χ3n) is 3.79. The summed E-state index contributed by atoms with van der Waals surface area (Å²) in [6.45, 7) is 9.88. The van der Waals surface area contributed by atoms with Gasteiger partial charge in [-0.1, -0.05) is 26.8 Å². The van der Waals surface area contributed by atoms with E-state index in [-0.39, 0.29) is 12.1 Å². The van der Waals surface area contributed by atoms with Gasteiger partial charge in [0.15, 0.2) is 0 Å². The number of carbonyl (C=O) groups is 1. The summed E-state index contributed by atoms with van der Waals surface area (Å²) in [5.74, 6) is 1.40. The molecular weight excluding hydrogens is 200 g/mol. The zero-order valence-electron chi connectivity index (χ0n) is 10.8. The Bertz CT molecular complexity index is 249. The van der Waals surface area contributed by atoms with Crippen LogP contribution >= 0.6 is 0 Å². The molecule has 2 nitrogen and oxygen atoms in total. The van der Waals surface area contributed by atoms with E-state index in [9.17, 15) is 4.79 Å². The lowest BCUT2D eigenvalue weighted by Gasteiger charge is -2.31. The number of esters is 1. The van der Waals surface area contributed by atoms with E-state index < -0.39 is 0 Å². The number of ether oxygens (including phenoxy) is 1. The summed E-state index contributed by atoms with van der Waals surface area (Å²) in [7, 11) is 0. The van der Waals surface area contributed by atoms with Gasteiger partial charge in [0.05, 0.1) is 0 Å². The fraction of sp³-hybridized carbons (Fsp3) is 0.786. The molecule has 0 saturated heterocycles. The van der Waals surface area contributed by atoms with Crippen LogP contribution in [-0.2, 0) is 9.53 Å². The van der Waals surface area contributed by atoms with Crippen LogP contribution in [0.2, 0.25) is 0 Å². The third kappa shape index (κ3) is 3.66. The molecule has 1 aliphatic carbocycles. The minimum atomic E-state index is -0.230. The normalized spacial score (nSPS) is 27.2. The summed E-state index contributed by atoms with van der Waals surface area (Å²) in [5.41, 5.74) is 0.504. The Balaban J connectivity index is 2.32. The number of carbonyl (C=O) groups excluding carboxylic acids is 1. The summed E-state index contributed by atoms with van der Waals surface area (Å²) >= 11 is 0. The molecule has 1 rings (SSSR count). The molecular formula is C14H24O2. The highest BCUT2D eigenvalue weighted by Gasteiger charge is 2.26. The molecule has 1 atom stereocenters. The van der Waals surface area contributed by atoms with Crippen LogP contribution in [0, 0.1) is 11.8 Å². The first-order valence-electron chi connectivity index (χ1n) is 6.41. The molecule has 0 bridgehead atoms. The molecule has 0 aromatic carbocycles. The molecule has 0 aromatic heterocycles. The molecule has 1 aliphatic rings.